The standard InChI is InChI=1S/C20H30N6O/c1-13(14-6-8-24-9-7-14)26-12-15(11-25-26)17(20(22)23)10-18(21)16-4-2-3-5-19(16)27/h2-5,10-11,13-15,24,27H,6-9,12,21-23H2,1H3/b18-10-. The Morgan fingerprint density at radius 3 is 2.63 bits per heavy atom. The van der Waals surface area contributed by atoms with Crippen LogP contribution in [0.5, 0.6) is 5.75 Å². The van der Waals surface area contributed by atoms with E-state index < -0.39 is 0 Å². The number of nitrogens with two attached hydrogens (primary N) is 3. The van der Waals surface area contributed by atoms with Crippen LogP contribution in [-0.4, -0.2) is 42.0 Å². The summed E-state index contributed by atoms with van der Waals surface area (Å²) in [6.07, 6.45) is 5.97. The van der Waals surface area contributed by atoms with Crippen LogP contribution in [0.15, 0.2) is 46.8 Å². The molecule has 0 amide bonds. The maximum Gasteiger partial charge on any atom is 0.124 e. The van der Waals surface area contributed by atoms with Crippen LogP contribution in [0.4, 0.5) is 0 Å². The highest BCUT2D eigenvalue weighted by molar-refractivity contribution is 5.74. The zero-order chi connectivity index (χ0) is 19.4. The van der Waals surface area contributed by atoms with Gasteiger partial charge in [-0.15, -0.1) is 0 Å². The number of hydrazone groups is 1. The molecule has 2 aliphatic rings. The zero-order valence-electron chi connectivity index (χ0n) is 15.8. The van der Waals surface area contributed by atoms with Crippen molar-refractivity contribution in [1.29, 1.82) is 0 Å². The number of rotatable bonds is 5. The maximum absolute atomic E-state index is 10.0. The van der Waals surface area contributed by atoms with Gasteiger partial charge in [0.05, 0.1) is 5.82 Å². The van der Waals surface area contributed by atoms with Gasteiger partial charge in [-0.2, -0.15) is 5.10 Å². The highest BCUT2D eigenvalue weighted by atomic mass is 16.3. The summed E-state index contributed by atoms with van der Waals surface area (Å²) in [6, 6.07) is 7.31. The van der Waals surface area contributed by atoms with Crippen LogP contribution in [0, 0.1) is 11.8 Å². The molecule has 146 valence electrons. The summed E-state index contributed by atoms with van der Waals surface area (Å²) >= 11 is 0. The summed E-state index contributed by atoms with van der Waals surface area (Å²) in [7, 11) is 0. The molecule has 0 bridgehead atoms. The molecule has 1 fully saturated rings. The van der Waals surface area contributed by atoms with Crippen molar-refractivity contribution in [3.8, 4) is 5.75 Å². The number of para-hydroxylation sites is 1. The SMILES string of the molecule is CC(C1CCNCC1)N1CC(C(/C=C(\N)c2ccccc2O)=C(N)N)C=N1. The van der Waals surface area contributed by atoms with Gasteiger partial charge in [-0.05, 0) is 57.0 Å². The first-order chi connectivity index (χ1) is 13.0. The molecule has 2 heterocycles. The van der Waals surface area contributed by atoms with E-state index in [0.29, 0.717) is 23.2 Å². The van der Waals surface area contributed by atoms with E-state index in [0.717, 1.165) is 25.2 Å². The average molecular weight is 371 g/mol. The fraction of sp³-hybridized carbons (Fsp3) is 0.450. The molecule has 1 saturated heterocycles. The third-order valence-corrected chi connectivity index (χ3v) is 5.57. The first-order valence-corrected chi connectivity index (χ1v) is 9.49. The van der Waals surface area contributed by atoms with Crippen LogP contribution in [-0.2, 0) is 0 Å². The minimum absolute atomic E-state index is 0.0245. The van der Waals surface area contributed by atoms with Gasteiger partial charge in [-0.3, -0.25) is 5.01 Å². The van der Waals surface area contributed by atoms with Gasteiger partial charge in [0.1, 0.15) is 5.75 Å². The lowest BCUT2D eigenvalue weighted by molar-refractivity contribution is 0.146. The van der Waals surface area contributed by atoms with Crippen molar-refractivity contribution in [3.63, 3.8) is 0 Å². The third kappa shape index (κ3) is 4.36. The molecule has 0 saturated carbocycles. The normalized spacial score (nSPS) is 22.0. The fourth-order valence-electron chi connectivity index (χ4n) is 3.85. The minimum atomic E-state index is -0.0245. The molecule has 2 atom stereocenters. The number of benzene rings is 1. The number of piperidine rings is 1. The number of nitrogens with one attached hydrogen (secondary N) is 1. The zero-order valence-corrected chi connectivity index (χ0v) is 15.8. The lowest BCUT2D eigenvalue weighted by atomic mass is 9.90. The van der Waals surface area contributed by atoms with Gasteiger partial charge in [-0.1, -0.05) is 12.1 Å². The van der Waals surface area contributed by atoms with E-state index in [9.17, 15) is 5.11 Å². The summed E-state index contributed by atoms with van der Waals surface area (Å²) in [5.74, 6) is 0.957. The Morgan fingerprint density at radius 1 is 1.26 bits per heavy atom. The van der Waals surface area contributed by atoms with Gasteiger partial charge in [0.2, 0.25) is 0 Å². The number of allylic oxidation sites excluding steroid dienone is 1. The summed E-state index contributed by atoms with van der Waals surface area (Å²) in [4.78, 5) is 0. The minimum Gasteiger partial charge on any atom is -0.507 e. The second kappa shape index (κ2) is 8.35. The molecule has 1 aromatic rings. The van der Waals surface area contributed by atoms with Crippen molar-refractivity contribution in [2.24, 2.45) is 34.1 Å². The summed E-state index contributed by atoms with van der Waals surface area (Å²) in [5.41, 5.74) is 19.8. The predicted molar refractivity (Wildman–Crippen MR) is 109 cm³/mol. The lowest BCUT2D eigenvalue weighted by Gasteiger charge is -2.34. The molecule has 0 aliphatic carbocycles. The maximum atomic E-state index is 10.0. The summed E-state index contributed by atoms with van der Waals surface area (Å²) in [6.45, 7) is 5.09. The van der Waals surface area contributed by atoms with Gasteiger partial charge >= 0.3 is 0 Å². The van der Waals surface area contributed by atoms with Gasteiger partial charge in [0.25, 0.3) is 0 Å². The Hall–Kier alpha value is -2.67. The topological polar surface area (TPSA) is 126 Å². The highest BCUT2D eigenvalue weighted by Crippen LogP contribution is 2.28. The molecule has 0 spiro atoms. The lowest BCUT2D eigenvalue weighted by Crippen LogP contribution is -2.40. The van der Waals surface area contributed by atoms with Gasteiger partial charge < -0.3 is 27.6 Å². The first kappa shape index (κ1) is 19.1. The quantitative estimate of drug-likeness (QED) is 0.495. The van der Waals surface area contributed by atoms with E-state index in [2.05, 4.69) is 22.4 Å². The highest BCUT2D eigenvalue weighted by Gasteiger charge is 2.30. The smallest absolute Gasteiger partial charge is 0.124 e. The van der Waals surface area contributed by atoms with E-state index in [1.54, 1.807) is 24.3 Å². The Labute approximate surface area is 160 Å². The van der Waals surface area contributed by atoms with Crippen LogP contribution >= 0.6 is 0 Å². The molecule has 8 N–H and O–H groups in total. The predicted octanol–water partition coefficient (Wildman–Crippen LogP) is 1.13. The number of phenolic OH excluding ortho intramolecular Hbond substituents is 1. The van der Waals surface area contributed by atoms with Crippen molar-refractivity contribution in [1.82, 2.24) is 10.3 Å². The molecule has 0 aromatic heterocycles. The van der Waals surface area contributed by atoms with Gasteiger partial charge in [0.15, 0.2) is 0 Å². The van der Waals surface area contributed by atoms with Crippen molar-refractivity contribution in [3.05, 3.63) is 47.3 Å². The number of nitrogens with zero attached hydrogens (tertiary/aromatic N) is 2. The second-order valence-electron chi connectivity index (χ2n) is 7.35. The Morgan fingerprint density at radius 2 is 1.96 bits per heavy atom. The van der Waals surface area contributed by atoms with Crippen LogP contribution in [0.1, 0.15) is 25.3 Å². The Balaban J connectivity index is 1.74. The molecule has 27 heavy (non-hydrogen) atoms. The first-order valence-electron chi connectivity index (χ1n) is 9.49. The Kier molecular flexibility index (Phi) is 5.91. The molecule has 7 nitrogen and oxygen atoms in total. The number of hydrogen-bond donors (Lipinski definition) is 5. The monoisotopic (exact) mass is 370 g/mol. The van der Waals surface area contributed by atoms with E-state index in [1.807, 2.05) is 12.3 Å². The van der Waals surface area contributed by atoms with Crippen LogP contribution < -0.4 is 22.5 Å². The van der Waals surface area contributed by atoms with Crippen LogP contribution in [0.2, 0.25) is 0 Å². The Bertz CT molecular complexity index is 747. The largest absolute Gasteiger partial charge is 0.507 e. The van der Waals surface area contributed by atoms with Gasteiger partial charge in [0, 0.05) is 41.6 Å². The van der Waals surface area contributed by atoms with E-state index in [4.69, 9.17) is 17.2 Å². The molecule has 2 unspecified atom stereocenters. The summed E-state index contributed by atoms with van der Waals surface area (Å²) in [5, 5.41) is 20.2. The fourth-order valence-corrected chi connectivity index (χ4v) is 3.85. The summed E-state index contributed by atoms with van der Waals surface area (Å²) < 4.78 is 0. The number of aromatic hydroxyl groups is 1. The molecule has 7 heteroatoms. The van der Waals surface area contributed by atoms with Crippen molar-refractivity contribution >= 4 is 11.9 Å². The molecular formula is C20H30N6O. The second-order valence-corrected chi connectivity index (χ2v) is 7.35. The number of phenols is 1. The van der Waals surface area contributed by atoms with Crippen molar-refractivity contribution in [2.45, 2.75) is 25.8 Å². The molecular weight excluding hydrogens is 340 g/mol. The van der Waals surface area contributed by atoms with Crippen molar-refractivity contribution < 1.29 is 5.11 Å². The van der Waals surface area contributed by atoms with Crippen molar-refractivity contribution in [2.75, 3.05) is 19.6 Å². The average Bonchev–Trinajstić information content (AvgIpc) is 3.16. The third-order valence-electron chi connectivity index (χ3n) is 5.57. The number of hydrogen-bond acceptors (Lipinski definition) is 7. The molecule has 1 aromatic carbocycles. The van der Waals surface area contributed by atoms with E-state index >= 15 is 0 Å². The van der Waals surface area contributed by atoms with Gasteiger partial charge in [-0.25, -0.2) is 0 Å². The van der Waals surface area contributed by atoms with E-state index in [-0.39, 0.29) is 17.5 Å². The molecule has 0 radical (unpaired) electrons. The molecule has 3 rings (SSSR count). The van der Waals surface area contributed by atoms with Crippen LogP contribution in [0.3, 0.4) is 0 Å². The van der Waals surface area contributed by atoms with E-state index in [1.165, 1.54) is 12.8 Å². The molecule has 2 aliphatic heterocycles. The van der Waals surface area contributed by atoms with Crippen LogP contribution in [0.25, 0.3) is 5.70 Å².